The van der Waals surface area contributed by atoms with Crippen molar-refractivity contribution in [2.45, 2.75) is 11.8 Å². The van der Waals surface area contributed by atoms with Crippen LogP contribution in [0.2, 0.25) is 0 Å². The molecule has 7 nitrogen and oxygen atoms in total. The quantitative estimate of drug-likeness (QED) is 0.816. The molecule has 1 aliphatic heterocycles. The summed E-state index contributed by atoms with van der Waals surface area (Å²) in [7, 11) is -3.00. The summed E-state index contributed by atoms with van der Waals surface area (Å²) in [4.78, 5) is 22.2. The number of benzene rings is 1. The number of halogens is 1. The van der Waals surface area contributed by atoms with Crippen LogP contribution in [-0.4, -0.2) is 50.0 Å². The number of methoxy groups -OCH3 is 1. The monoisotopic (exact) mass is 345 g/mol. The second-order valence-corrected chi connectivity index (χ2v) is 7.35. The summed E-state index contributed by atoms with van der Waals surface area (Å²) in [6, 6.07) is 2.68. The first-order chi connectivity index (χ1) is 10.7. The Balaban J connectivity index is 2.39. The Morgan fingerprint density at radius 2 is 1.96 bits per heavy atom. The van der Waals surface area contributed by atoms with Crippen LogP contribution in [-0.2, 0) is 19.6 Å². The third kappa shape index (κ3) is 3.35. The lowest BCUT2D eigenvalue weighted by Gasteiger charge is -2.16. The molecule has 2 atom stereocenters. The molecule has 1 aliphatic rings. The Hall–Kier alpha value is -2.00. The molecular formula is C14H16FNO6S. The molecule has 0 radical (unpaired) electrons. The summed E-state index contributed by atoms with van der Waals surface area (Å²) in [6.07, 6.45) is 0. The van der Waals surface area contributed by atoms with E-state index in [-0.39, 0.29) is 24.6 Å². The van der Waals surface area contributed by atoms with Crippen molar-refractivity contribution in [3.8, 4) is 0 Å². The van der Waals surface area contributed by atoms with Gasteiger partial charge in [0.25, 0.3) is 0 Å². The van der Waals surface area contributed by atoms with Crippen molar-refractivity contribution < 1.29 is 32.2 Å². The summed E-state index contributed by atoms with van der Waals surface area (Å²) in [5, 5.41) is 9.09. The molecule has 1 saturated heterocycles. The largest absolute Gasteiger partial charge is 0.481 e. The molecule has 9 heteroatoms. The molecule has 0 saturated carbocycles. The minimum absolute atomic E-state index is 0.0172. The lowest BCUT2D eigenvalue weighted by Crippen LogP contribution is -2.30. The topological polar surface area (TPSA) is 101 Å². The van der Waals surface area contributed by atoms with Gasteiger partial charge in [-0.25, -0.2) is 17.6 Å². The number of ether oxygens (including phenoxy) is 1. The van der Waals surface area contributed by atoms with E-state index in [0.29, 0.717) is 0 Å². The van der Waals surface area contributed by atoms with Crippen LogP contribution >= 0.6 is 0 Å². The number of carbonyl (C=O) groups excluding carboxylic acids is 1. The molecule has 0 unspecified atom stereocenters. The van der Waals surface area contributed by atoms with E-state index in [0.717, 1.165) is 29.6 Å². The zero-order chi connectivity index (χ0) is 17.4. The molecular weight excluding hydrogens is 329 g/mol. The summed E-state index contributed by atoms with van der Waals surface area (Å²) in [5.41, 5.74) is -0.229. The van der Waals surface area contributed by atoms with E-state index in [1.54, 1.807) is 6.92 Å². The van der Waals surface area contributed by atoms with Crippen LogP contribution in [0.1, 0.15) is 17.3 Å². The Morgan fingerprint density at radius 3 is 2.48 bits per heavy atom. The van der Waals surface area contributed by atoms with Gasteiger partial charge in [0.1, 0.15) is 5.82 Å². The van der Waals surface area contributed by atoms with E-state index in [9.17, 15) is 22.4 Å². The summed E-state index contributed by atoms with van der Waals surface area (Å²) in [6.45, 7) is 1.46. The molecule has 1 aromatic rings. The first kappa shape index (κ1) is 17.4. The van der Waals surface area contributed by atoms with E-state index >= 15 is 0 Å². The molecule has 23 heavy (non-hydrogen) atoms. The molecule has 126 valence electrons. The number of rotatable bonds is 4. The lowest BCUT2D eigenvalue weighted by molar-refractivity contribution is -0.142. The van der Waals surface area contributed by atoms with E-state index < -0.39 is 38.6 Å². The summed E-state index contributed by atoms with van der Waals surface area (Å²) >= 11 is 0. The van der Waals surface area contributed by atoms with Gasteiger partial charge < -0.3 is 9.84 Å². The molecule has 0 aliphatic carbocycles. The molecule has 0 aromatic heterocycles. The fourth-order valence-corrected chi connectivity index (χ4v) is 4.16. The van der Waals surface area contributed by atoms with Crippen molar-refractivity contribution >= 4 is 22.0 Å². The maximum atomic E-state index is 13.6. The molecule has 0 spiro atoms. The fraction of sp³-hybridized carbons (Fsp3) is 0.429. The number of carboxylic acid groups (broad SMARTS) is 1. The Labute approximate surface area is 132 Å². The van der Waals surface area contributed by atoms with Gasteiger partial charge in [0, 0.05) is 13.1 Å². The Bertz CT molecular complexity index is 748. The Kier molecular flexibility index (Phi) is 4.71. The highest BCUT2D eigenvalue weighted by atomic mass is 32.2. The average Bonchev–Trinajstić information content (AvgIpc) is 2.88. The number of hydrogen-bond acceptors (Lipinski definition) is 5. The van der Waals surface area contributed by atoms with E-state index in [1.165, 1.54) is 0 Å². The lowest BCUT2D eigenvalue weighted by atomic mass is 9.99. The van der Waals surface area contributed by atoms with Crippen molar-refractivity contribution in [2.75, 3.05) is 20.2 Å². The van der Waals surface area contributed by atoms with Crippen molar-refractivity contribution in [1.29, 1.82) is 0 Å². The molecule has 1 fully saturated rings. The second kappa shape index (κ2) is 6.25. The molecule has 1 N–H and O–H groups in total. The van der Waals surface area contributed by atoms with E-state index in [1.807, 2.05) is 0 Å². The smallest absolute Gasteiger partial charge is 0.337 e. The molecule has 0 amide bonds. The van der Waals surface area contributed by atoms with E-state index in [4.69, 9.17) is 5.11 Å². The fourth-order valence-electron chi connectivity index (χ4n) is 2.54. The highest BCUT2D eigenvalue weighted by Crippen LogP contribution is 2.29. The predicted molar refractivity (Wildman–Crippen MR) is 76.8 cm³/mol. The van der Waals surface area contributed by atoms with Gasteiger partial charge in [-0.1, -0.05) is 6.92 Å². The van der Waals surface area contributed by atoms with Gasteiger partial charge >= 0.3 is 11.9 Å². The number of carboxylic acids is 1. The number of esters is 1. The SMILES string of the molecule is COC(=O)c1cc(F)cc(S(=O)(=O)N2C[C@@H](C)[C@H](C(=O)O)C2)c1. The first-order valence-electron chi connectivity index (χ1n) is 6.78. The van der Waals surface area contributed by atoms with Gasteiger partial charge in [-0.15, -0.1) is 0 Å². The molecule has 0 bridgehead atoms. The van der Waals surface area contributed by atoms with E-state index in [2.05, 4.69) is 4.74 Å². The zero-order valence-corrected chi connectivity index (χ0v) is 13.3. The third-order valence-corrected chi connectivity index (χ3v) is 5.64. The van der Waals surface area contributed by atoms with Crippen LogP contribution in [0.4, 0.5) is 4.39 Å². The average molecular weight is 345 g/mol. The summed E-state index contributed by atoms with van der Waals surface area (Å²) in [5.74, 6) is -4.02. The van der Waals surface area contributed by atoms with Crippen LogP contribution < -0.4 is 0 Å². The van der Waals surface area contributed by atoms with Crippen LogP contribution in [0, 0.1) is 17.7 Å². The minimum atomic E-state index is -4.10. The van der Waals surface area contributed by atoms with Crippen molar-refractivity contribution in [2.24, 2.45) is 11.8 Å². The maximum Gasteiger partial charge on any atom is 0.337 e. The molecule has 1 heterocycles. The van der Waals surface area contributed by atoms with Crippen molar-refractivity contribution in [1.82, 2.24) is 4.31 Å². The van der Waals surface area contributed by atoms with Gasteiger partial charge in [-0.2, -0.15) is 4.31 Å². The predicted octanol–water partition coefficient (Wildman–Crippen LogP) is 0.954. The van der Waals surface area contributed by atoms with Crippen molar-refractivity contribution in [3.63, 3.8) is 0 Å². The number of aliphatic carboxylic acids is 1. The van der Waals surface area contributed by atoms with Gasteiger partial charge in [0.05, 0.1) is 23.5 Å². The second-order valence-electron chi connectivity index (χ2n) is 5.41. The third-order valence-electron chi connectivity index (χ3n) is 3.83. The van der Waals surface area contributed by atoms with Gasteiger partial charge in [-0.05, 0) is 24.1 Å². The minimum Gasteiger partial charge on any atom is -0.481 e. The number of sulfonamides is 1. The standard InChI is InChI=1S/C14H16FNO6S/c1-8-6-16(7-12(8)13(17)18)23(20,21)11-4-9(14(19)22-2)3-10(15)5-11/h3-5,8,12H,6-7H2,1-2H3,(H,17,18)/t8-,12-/m1/s1. The Morgan fingerprint density at radius 1 is 1.30 bits per heavy atom. The normalized spacial score (nSPS) is 22.0. The van der Waals surface area contributed by atoms with Crippen molar-refractivity contribution in [3.05, 3.63) is 29.6 Å². The van der Waals surface area contributed by atoms with Crippen LogP contribution in [0.25, 0.3) is 0 Å². The zero-order valence-electron chi connectivity index (χ0n) is 12.5. The number of nitrogens with zero attached hydrogens (tertiary/aromatic N) is 1. The van der Waals surface area contributed by atoms with Crippen LogP contribution in [0.5, 0.6) is 0 Å². The molecule has 2 rings (SSSR count). The van der Waals surface area contributed by atoms with Gasteiger partial charge in [0.2, 0.25) is 10.0 Å². The first-order valence-corrected chi connectivity index (χ1v) is 8.22. The summed E-state index contributed by atoms with van der Waals surface area (Å²) < 4.78 is 44.2. The van der Waals surface area contributed by atoms with Gasteiger partial charge in [0.15, 0.2) is 0 Å². The number of hydrogen-bond donors (Lipinski definition) is 1. The highest BCUT2D eigenvalue weighted by molar-refractivity contribution is 7.89. The van der Waals surface area contributed by atoms with Gasteiger partial charge in [-0.3, -0.25) is 4.79 Å². The molecule has 1 aromatic carbocycles. The highest BCUT2D eigenvalue weighted by Gasteiger charge is 2.41. The van der Waals surface area contributed by atoms with Crippen LogP contribution in [0.15, 0.2) is 23.1 Å². The number of carbonyl (C=O) groups is 2. The van der Waals surface area contributed by atoms with Crippen LogP contribution in [0.3, 0.4) is 0 Å². The maximum absolute atomic E-state index is 13.6.